The molecule has 0 radical (unpaired) electrons. The van der Waals surface area contributed by atoms with E-state index in [4.69, 9.17) is 4.84 Å². The van der Waals surface area contributed by atoms with E-state index in [0.717, 1.165) is 18.5 Å². The summed E-state index contributed by atoms with van der Waals surface area (Å²) in [6.07, 6.45) is 8.88. The predicted octanol–water partition coefficient (Wildman–Crippen LogP) is 0.788. The molecule has 4 heterocycles. The monoisotopic (exact) mass is 314 g/mol. The average molecular weight is 314 g/mol. The normalized spacial score (nSPS) is 21.1. The molecule has 2 aliphatic heterocycles. The van der Waals surface area contributed by atoms with E-state index in [2.05, 4.69) is 15.0 Å². The fraction of sp³-hybridized carbons (Fsp3) is 0.467. The Bertz CT molecular complexity index is 682. The van der Waals surface area contributed by atoms with Gasteiger partial charge in [-0.05, 0) is 18.9 Å². The second-order valence-electron chi connectivity index (χ2n) is 5.72. The molecule has 2 aromatic heterocycles. The molecule has 1 unspecified atom stereocenters. The van der Waals surface area contributed by atoms with Crippen LogP contribution in [0.5, 0.6) is 0 Å². The number of amides is 1. The molecule has 2 aromatic rings. The first-order valence-electron chi connectivity index (χ1n) is 7.80. The molecule has 8 nitrogen and oxygen atoms in total. The Morgan fingerprint density at radius 1 is 1.26 bits per heavy atom. The molecule has 0 saturated carbocycles. The van der Waals surface area contributed by atoms with E-state index in [1.54, 1.807) is 31.0 Å². The number of anilines is 1. The largest absolute Gasteiger partial charge is 0.332 e. The zero-order valence-corrected chi connectivity index (χ0v) is 12.7. The van der Waals surface area contributed by atoms with Gasteiger partial charge in [-0.3, -0.25) is 9.63 Å². The van der Waals surface area contributed by atoms with Crippen molar-refractivity contribution in [3.05, 3.63) is 36.7 Å². The number of rotatable bonds is 2. The maximum absolute atomic E-state index is 12.9. The molecule has 0 N–H and O–H groups in total. The lowest BCUT2D eigenvalue weighted by Crippen LogP contribution is -2.47. The Labute approximate surface area is 133 Å². The van der Waals surface area contributed by atoms with E-state index in [0.29, 0.717) is 32.2 Å². The number of fused-ring (bicyclic) bond motifs is 1. The van der Waals surface area contributed by atoms with Crippen LogP contribution in [0.25, 0.3) is 0 Å². The van der Waals surface area contributed by atoms with Crippen LogP contribution in [-0.4, -0.2) is 50.2 Å². The third-order valence-electron chi connectivity index (χ3n) is 4.20. The maximum Gasteiger partial charge on any atom is 0.271 e. The summed E-state index contributed by atoms with van der Waals surface area (Å²) in [6.45, 7) is 2.38. The predicted molar refractivity (Wildman–Crippen MR) is 81.2 cm³/mol. The number of hydrogen-bond donors (Lipinski definition) is 0. The molecule has 1 fully saturated rings. The lowest BCUT2D eigenvalue weighted by atomic mass is 10.1. The van der Waals surface area contributed by atoms with Gasteiger partial charge in [0, 0.05) is 25.1 Å². The summed E-state index contributed by atoms with van der Waals surface area (Å²) in [6, 6.07) is 1.41. The van der Waals surface area contributed by atoms with Crippen LogP contribution in [0.4, 0.5) is 5.95 Å². The summed E-state index contributed by atoms with van der Waals surface area (Å²) in [5.74, 6) is 0.585. The topological polar surface area (TPSA) is 76.4 Å². The van der Waals surface area contributed by atoms with Gasteiger partial charge < -0.3 is 9.47 Å². The molecule has 120 valence electrons. The third kappa shape index (κ3) is 2.65. The van der Waals surface area contributed by atoms with E-state index in [-0.39, 0.29) is 11.9 Å². The Hall–Kier alpha value is -2.48. The fourth-order valence-corrected chi connectivity index (χ4v) is 3.03. The Morgan fingerprint density at radius 2 is 2.13 bits per heavy atom. The summed E-state index contributed by atoms with van der Waals surface area (Å²) in [4.78, 5) is 33.2. The van der Waals surface area contributed by atoms with Crippen molar-refractivity contribution in [3.63, 3.8) is 0 Å². The minimum Gasteiger partial charge on any atom is -0.332 e. The lowest BCUT2D eigenvalue weighted by Gasteiger charge is -2.36. The van der Waals surface area contributed by atoms with Crippen molar-refractivity contribution in [2.75, 3.05) is 24.6 Å². The minimum atomic E-state index is -0.372. The molecular formula is C15H18N6O2. The van der Waals surface area contributed by atoms with Crippen LogP contribution in [0.2, 0.25) is 0 Å². The summed E-state index contributed by atoms with van der Waals surface area (Å²) < 4.78 is 1.93. The number of hydrogen-bond acceptors (Lipinski definition) is 6. The third-order valence-corrected chi connectivity index (χ3v) is 4.20. The number of carbonyl (C=O) groups is 1. The van der Waals surface area contributed by atoms with Crippen LogP contribution in [0.1, 0.15) is 24.6 Å². The van der Waals surface area contributed by atoms with Crippen LogP contribution < -0.4 is 4.90 Å². The second-order valence-corrected chi connectivity index (χ2v) is 5.72. The van der Waals surface area contributed by atoms with Gasteiger partial charge in [0.05, 0.1) is 31.7 Å². The van der Waals surface area contributed by atoms with E-state index < -0.39 is 0 Å². The Morgan fingerprint density at radius 3 is 2.91 bits per heavy atom. The molecular weight excluding hydrogens is 296 g/mol. The number of aromatic nitrogens is 4. The van der Waals surface area contributed by atoms with Gasteiger partial charge in [0.25, 0.3) is 5.91 Å². The highest BCUT2D eigenvalue weighted by Crippen LogP contribution is 2.26. The number of nitrogens with zero attached hydrogens (tertiary/aromatic N) is 6. The van der Waals surface area contributed by atoms with Gasteiger partial charge in [-0.1, -0.05) is 0 Å². The summed E-state index contributed by atoms with van der Waals surface area (Å²) >= 11 is 0. The number of imidazole rings is 1. The van der Waals surface area contributed by atoms with Crippen LogP contribution in [0.3, 0.4) is 0 Å². The molecule has 23 heavy (non-hydrogen) atoms. The van der Waals surface area contributed by atoms with Gasteiger partial charge in [-0.15, -0.1) is 0 Å². The highest BCUT2D eigenvalue weighted by atomic mass is 16.7. The first kappa shape index (κ1) is 14.1. The molecule has 0 bridgehead atoms. The average Bonchev–Trinajstić information content (AvgIpc) is 3.10. The Kier molecular flexibility index (Phi) is 3.66. The van der Waals surface area contributed by atoms with Crippen molar-refractivity contribution >= 4 is 11.9 Å². The van der Waals surface area contributed by atoms with Crippen molar-refractivity contribution in [3.8, 4) is 0 Å². The lowest BCUT2D eigenvalue weighted by molar-refractivity contribution is -0.200. The number of carbonyl (C=O) groups excluding carboxylic acids is 1. The van der Waals surface area contributed by atoms with Gasteiger partial charge >= 0.3 is 0 Å². The number of hydroxylamine groups is 2. The summed E-state index contributed by atoms with van der Waals surface area (Å²) in [5.41, 5.74) is 0.971. The Balaban J connectivity index is 1.62. The molecule has 4 rings (SSSR count). The highest BCUT2D eigenvalue weighted by molar-refractivity contribution is 5.80. The maximum atomic E-state index is 12.9. The molecule has 0 aliphatic carbocycles. The summed E-state index contributed by atoms with van der Waals surface area (Å²) in [7, 11) is 0. The van der Waals surface area contributed by atoms with Gasteiger partial charge in [0.2, 0.25) is 5.95 Å². The quantitative estimate of drug-likeness (QED) is 0.815. The zero-order valence-electron chi connectivity index (χ0n) is 12.7. The van der Waals surface area contributed by atoms with Gasteiger partial charge in [0.1, 0.15) is 6.04 Å². The van der Waals surface area contributed by atoms with Crippen LogP contribution in [-0.2, 0) is 16.2 Å². The molecule has 1 amide bonds. The van der Waals surface area contributed by atoms with Crippen molar-refractivity contribution in [2.24, 2.45) is 0 Å². The molecule has 2 aliphatic rings. The zero-order chi connectivity index (χ0) is 15.6. The van der Waals surface area contributed by atoms with Crippen molar-refractivity contribution in [2.45, 2.75) is 25.4 Å². The van der Waals surface area contributed by atoms with E-state index in [1.165, 1.54) is 5.06 Å². The van der Waals surface area contributed by atoms with E-state index >= 15 is 0 Å². The summed E-state index contributed by atoms with van der Waals surface area (Å²) in [5, 5.41) is 1.49. The SMILES string of the molecule is O=C(C1CN(c2ncccn2)Cc2cncn21)N1CCCCO1. The van der Waals surface area contributed by atoms with Crippen molar-refractivity contribution in [1.29, 1.82) is 0 Å². The van der Waals surface area contributed by atoms with Crippen molar-refractivity contribution in [1.82, 2.24) is 24.6 Å². The first-order chi connectivity index (χ1) is 11.3. The van der Waals surface area contributed by atoms with Crippen LogP contribution >= 0.6 is 0 Å². The standard InChI is InChI=1S/C15H18N6O2/c22-14(21-6-1-2-7-23-21)13-10-19(15-17-4-3-5-18-15)9-12-8-16-11-20(12)13/h3-5,8,11,13H,1-2,6-7,9-10H2. The first-order valence-corrected chi connectivity index (χ1v) is 7.80. The second kappa shape index (κ2) is 5.96. The molecule has 1 atom stereocenters. The van der Waals surface area contributed by atoms with Gasteiger partial charge in [0.15, 0.2) is 0 Å². The molecule has 1 saturated heterocycles. The van der Waals surface area contributed by atoms with Crippen LogP contribution in [0, 0.1) is 0 Å². The minimum absolute atomic E-state index is 0.0374. The smallest absolute Gasteiger partial charge is 0.271 e. The van der Waals surface area contributed by atoms with E-state index in [9.17, 15) is 4.79 Å². The molecule has 8 heteroatoms. The highest BCUT2D eigenvalue weighted by Gasteiger charge is 2.35. The molecule has 0 aromatic carbocycles. The fourth-order valence-electron chi connectivity index (χ4n) is 3.03. The molecule has 0 spiro atoms. The van der Waals surface area contributed by atoms with Gasteiger partial charge in [-0.25, -0.2) is 20.0 Å². The van der Waals surface area contributed by atoms with E-state index in [1.807, 2.05) is 9.47 Å². The van der Waals surface area contributed by atoms with Gasteiger partial charge in [-0.2, -0.15) is 0 Å². The van der Waals surface area contributed by atoms with Crippen molar-refractivity contribution < 1.29 is 9.63 Å². The van der Waals surface area contributed by atoms with Crippen LogP contribution in [0.15, 0.2) is 31.0 Å².